The molecule has 0 bridgehead atoms. The molecule has 0 saturated heterocycles. The summed E-state index contributed by atoms with van der Waals surface area (Å²) in [7, 11) is -1.97. The van der Waals surface area contributed by atoms with Crippen LogP contribution in [0, 0.1) is 0 Å². The first kappa shape index (κ1) is 15.9. The third-order valence-corrected chi connectivity index (χ3v) is 6.15. The van der Waals surface area contributed by atoms with Crippen LogP contribution in [0.4, 0.5) is 0 Å². The molecule has 16 heavy (non-hydrogen) atoms. The molecular weight excluding hydrogens is 216 g/mol. The first-order valence-electron chi connectivity index (χ1n) is 6.63. The lowest BCUT2D eigenvalue weighted by Crippen LogP contribution is -2.42. The molecule has 1 unspecified atom stereocenters. The lowest BCUT2D eigenvalue weighted by atomic mass is 10.4. The largest absolute Gasteiger partial charge is 0.394 e. The van der Waals surface area contributed by atoms with Gasteiger partial charge >= 0.3 is 8.56 Å². The number of rotatable bonds is 11. The third kappa shape index (κ3) is 6.46. The minimum atomic E-state index is -1.97. The predicted octanol–water partition coefficient (Wildman–Crippen LogP) is 4.27. The van der Waals surface area contributed by atoms with Crippen LogP contribution in [0.15, 0.2) is 12.7 Å². The van der Waals surface area contributed by atoms with Gasteiger partial charge < -0.3 is 8.85 Å². The van der Waals surface area contributed by atoms with Crippen LogP contribution < -0.4 is 0 Å². The maximum atomic E-state index is 6.10. The van der Waals surface area contributed by atoms with Crippen LogP contribution in [-0.2, 0) is 8.85 Å². The Morgan fingerprint density at radius 3 is 2.19 bits per heavy atom. The molecule has 0 rings (SSSR count). The third-order valence-electron chi connectivity index (χ3n) is 2.52. The standard InChI is InChI=1S/C13H28O2Si/c1-5-9-11-15-16(12-7-3,13-8-4)14-10-6-2/h7H,3,5-6,8-13H2,1-2,4H3. The van der Waals surface area contributed by atoms with Crippen LogP contribution in [0.3, 0.4) is 0 Å². The van der Waals surface area contributed by atoms with Crippen molar-refractivity contribution in [3.63, 3.8) is 0 Å². The number of hydrogen-bond acceptors (Lipinski definition) is 2. The second kappa shape index (κ2) is 10.1. The summed E-state index contributed by atoms with van der Waals surface area (Å²) in [6.07, 6.45) is 6.47. The number of allylic oxidation sites excluding steroid dienone is 1. The molecule has 0 aromatic carbocycles. The van der Waals surface area contributed by atoms with E-state index in [0.717, 1.165) is 44.6 Å². The molecule has 0 saturated carbocycles. The smallest absolute Gasteiger partial charge is 0.342 e. The van der Waals surface area contributed by atoms with E-state index in [9.17, 15) is 0 Å². The Morgan fingerprint density at radius 2 is 1.69 bits per heavy atom. The second-order valence-electron chi connectivity index (χ2n) is 4.20. The number of hydrogen-bond donors (Lipinski definition) is 0. The van der Waals surface area contributed by atoms with Crippen molar-refractivity contribution in [2.75, 3.05) is 13.2 Å². The molecule has 0 spiro atoms. The number of unbranched alkanes of at least 4 members (excludes halogenated alkanes) is 1. The van der Waals surface area contributed by atoms with Crippen LogP contribution in [0.5, 0.6) is 0 Å². The summed E-state index contributed by atoms with van der Waals surface area (Å²) in [6, 6.07) is 2.01. The quantitative estimate of drug-likeness (QED) is 0.307. The molecule has 1 atom stereocenters. The van der Waals surface area contributed by atoms with Gasteiger partial charge in [-0.05, 0) is 18.9 Å². The van der Waals surface area contributed by atoms with E-state index < -0.39 is 8.56 Å². The van der Waals surface area contributed by atoms with Crippen molar-refractivity contribution in [2.45, 2.75) is 58.5 Å². The monoisotopic (exact) mass is 244 g/mol. The molecule has 0 radical (unpaired) electrons. The summed E-state index contributed by atoms with van der Waals surface area (Å²) in [5.41, 5.74) is 0. The van der Waals surface area contributed by atoms with Crippen LogP contribution >= 0.6 is 0 Å². The molecule has 0 heterocycles. The second-order valence-corrected chi connectivity index (χ2v) is 7.51. The summed E-state index contributed by atoms with van der Waals surface area (Å²) in [4.78, 5) is 0. The Bertz CT molecular complexity index is 173. The van der Waals surface area contributed by atoms with Crippen molar-refractivity contribution in [1.29, 1.82) is 0 Å². The van der Waals surface area contributed by atoms with Crippen molar-refractivity contribution >= 4 is 8.56 Å². The van der Waals surface area contributed by atoms with Crippen LogP contribution in [0.25, 0.3) is 0 Å². The van der Waals surface area contributed by atoms with Crippen molar-refractivity contribution < 1.29 is 8.85 Å². The van der Waals surface area contributed by atoms with Crippen molar-refractivity contribution in [3.05, 3.63) is 12.7 Å². The van der Waals surface area contributed by atoms with Crippen molar-refractivity contribution in [1.82, 2.24) is 0 Å². The summed E-state index contributed by atoms with van der Waals surface area (Å²) < 4.78 is 12.2. The molecule has 96 valence electrons. The maximum absolute atomic E-state index is 6.10. The highest BCUT2D eigenvalue weighted by Gasteiger charge is 2.34. The van der Waals surface area contributed by atoms with Gasteiger partial charge in [0.15, 0.2) is 0 Å². The van der Waals surface area contributed by atoms with Crippen molar-refractivity contribution in [2.24, 2.45) is 0 Å². The SMILES string of the molecule is C=CC[Si](CCC)(OCCC)OCCCC. The first-order chi connectivity index (χ1) is 7.74. The fourth-order valence-corrected chi connectivity index (χ4v) is 4.80. The Hall–Kier alpha value is -0.123. The van der Waals surface area contributed by atoms with Gasteiger partial charge in [0.05, 0.1) is 0 Å². The molecule has 3 heteroatoms. The van der Waals surface area contributed by atoms with Gasteiger partial charge in [0.1, 0.15) is 0 Å². The fraction of sp³-hybridized carbons (Fsp3) is 0.846. The van der Waals surface area contributed by atoms with E-state index >= 15 is 0 Å². The summed E-state index contributed by atoms with van der Waals surface area (Å²) >= 11 is 0. The van der Waals surface area contributed by atoms with Crippen molar-refractivity contribution in [3.8, 4) is 0 Å². The molecule has 2 nitrogen and oxygen atoms in total. The van der Waals surface area contributed by atoms with E-state index in [1.807, 2.05) is 6.08 Å². The van der Waals surface area contributed by atoms with Gasteiger partial charge in [0, 0.05) is 19.3 Å². The first-order valence-corrected chi connectivity index (χ1v) is 8.86. The zero-order valence-electron chi connectivity index (χ0n) is 11.3. The van der Waals surface area contributed by atoms with Crippen LogP contribution in [0.2, 0.25) is 12.1 Å². The van der Waals surface area contributed by atoms with Gasteiger partial charge in [-0.15, -0.1) is 6.58 Å². The molecule has 0 aromatic rings. The molecule has 0 N–H and O–H groups in total. The minimum absolute atomic E-state index is 0.826. The summed E-state index contributed by atoms with van der Waals surface area (Å²) in [5.74, 6) is 0. The summed E-state index contributed by atoms with van der Waals surface area (Å²) in [5, 5.41) is 0. The normalized spacial score (nSPS) is 14.7. The highest BCUT2D eigenvalue weighted by molar-refractivity contribution is 6.67. The van der Waals surface area contributed by atoms with E-state index in [1.54, 1.807) is 0 Å². The lowest BCUT2D eigenvalue weighted by Gasteiger charge is -2.29. The zero-order valence-corrected chi connectivity index (χ0v) is 12.3. The lowest BCUT2D eigenvalue weighted by molar-refractivity contribution is 0.167. The molecule has 0 aromatic heterocycles. The molecular formula is C13H28O2Si. The van der Waals surface area contributed by atoms with Crippen LogP contribution in [-0.4, -0.2) is 21.8 Å². The Morgan fingerprint density at radius 1 is 1.00 bits per heavy atom. The predicted molar refractivity (Wildman–Crippen MR) is 73.0 cm³/mol. The van der Waals surface area contributed by atoms with E-state index in [2.05, 4.69) is 27.4 Å². The average Bonchev–Trinajstić information content (AvgIpc) is 2.27. The Balaban J connectivity index is 4.30. The fourth-order valence-electron chi connectivity index (χ4n) is 1.70. The maximum Gasteiger partial charge on any atom is 0.342 e. The molecule has 0 aliphatic rings. The molecule has 0 aliphatic carbocycles. The van der Waals surface area contributed by atoms with Gasteiger partial charge in [-0.2, -0.15) is 0 Å². The van der Waals surface area contributed by atoms with Gasteiger partial charge in [0.2, 0.25) is 0 Å². The summed E-state index contributed by atoms with van der Waals surface area (Å²) in [6.45, 7) is 12.0. The Kier molecular flexibility index (Phi) is 9.98. The van der Waals surface area contributed by atoms with E-state index in [4.69, 9.17) is 8.85 Å². The van der Waals surface area contributed by atoms with E-state index in [0.29, 0.717) is 0 Å². The molecule has 0 amide bonds. The van der Waals surface area contributed by atoms with Gasteiger partial charge in [-0.1, -0.05) is 39.7 Å². The minimum Gasteiger partial charge on any atom is -0.394 e. The molecule has 0 fully saturated rings. The highest BCUT2D eigenvalue weighted by Crippen LogP contribution is 2.22. The Labute approximate surface area is 102 Å². The van der Waals surface area contributed by atoms with Gasteiger partial charge in [0.25, 0.3) is 0 Å². The highest BCUT2D eigenvalue weighted by atomic mass is 28.4. The molecule has 0 aliphatic heterocycles. The topological polar surface area (TPSA) is 18.5 Å². The van der Waals surface area contributed by atoms with E-state index in [-0.39, 0.29) is 0 Å². The van der Waals surface area contributed by atoms with Gasteiger partial charge in [-0.3, -0.25) is 0 Å². The zero-order chi connectivity index (χ0) is 12.3. The average molecular weight is 244 g/mol. The van der Waals surface area contributed by atoms with Crippen LogP contribution in [0.1, 0.15) is 46.5 Å². The van der Waals surface area contributed by atoms with Gasteiger partial charge in [-0.25, -0.2) is 0 Å². The van der Waals surface area contributed by atoms with E-state index in [1.165, 1.54) is 6.42 Å².